The second-order valence-electron chi connectivity index (χ2n) is 3.91. The molecule has 0 bridgehead atoms. The van der Waals surface area contributed by atoms with Gasteiger partial charge in [-0.1, -0.05) is 6.07 Å². The van der Waals surface area contributed by atoms with E-state index < -0.39 is 9.84 Å². The molecule has 0 amide bonds. The fourth-order valence-corrected chi connectivity index (χ4v) is 2.44. The predicted molar refractivity (Wildman–Crippen MR) is 70.1 cm³/mol. The summed E-state index contributed by atoms with van der Waals surface area (Å²) in [6, 6.07) is 4.81. The van der Waals surface area contributed by atoms with Crippen molar-refractivity contribution in [1.82, 2.24) is 5.32 Å². The van der Waals surface area contributed by atoms with E-state index in [-0.39, 0.29) is 11.6 Å². The van der Waals surface area contributed by atoms with Crippen molar-refractivity contribution in [2.75, 3.05) is 18.6 Å². The zero-order valence-corrected chi connectivity index (χ0v) is 11.9. The fraction of sp³-hybridized carbons (Fsp3) is 0.455. The molecule has 1 aromatic carbocycles. The topological polar surface area (TPSA) is 46.2 Å². The van der Waals surface area contributed by atoms with E-state index >= 15 is 0 Å². The average Bonchev–Trinajstić information content (AvgIpc) is 2.21. The first-order chi connectivity index (χ1) is 7.88. The van der Waals surface area contributed by atoms with Gasteiger partial charge in [-0.3, -0.25) is 0 Å². The summed E-state index contributed by atoms with van der Waals surface area (Å²) in [5.41, 5.74) is 0.956. The van der Waals surface area contributed by atoms with Crippen LogP contribution in [0.1, 0.15) is 12.0 Å². The van der Waals surface area contributed by atoms with Gasteiger partial charge >= 0.3 is 0 Å². The second-order valence-corrected chi connectivity index (χ2v) is 7.02. The van der Waals surface area contributed by atoms with Crippen molar-refractivity contribution in [3.05, 3.63) is 34.1 Å². The smallest absolute Gasteiger partial charge is 0.147 e. The molecule has 0 aliphatic heterocycles. The Balaban J connectivity index is 2.29. The SMILES string of the molecule is CS(=O)(=O)CCCNCc1ccc(F)c(Br)c1. The summed E-state index contributed by atoms with van der Waals surface area (Å²) >= 11 is 3.11. The predicted octanol–water partition coefficient (Wildman–Crippen LogP) is 2.11. The third kappa shape index (κ3) is 6.14. The number of rotatable bonds is 6. The zero-order valence-electron chi connectivity index (χ0n) is 9.54. The van der Waals surface area contributed by atoms with E-state index in [1.165, 1.54) is 12.3 Å². The summed E-state index contributed by atoms with van der Waals surface area (Å²) in [6.07, 6.45) is 1.81. The largest absolute Gasteiger partial charge is 0.313 e. The molecule has 0 aliphatic carbocycles. The molecule has 6 heteroatoms. The first kappa shape index (κ1) is 14.6. The van der Waals surface area contributed by atoms with Crippen molar-refractivity contribution in [2.24, 2.45) is 0 Å². The molecule has 0 unspecified atom stereocenters. The van der Waals surface area contributed by atoms with E-state index in [0.717, 1.165) is 5.56 Å². The van der Waals surface area contributed by atoms with Gasteiger partial charge in [0.05, 0.1) is 10.2 Å². The van der Waals surface area contributed by atoms with Crippen molar-refractivity contribution in [3.8, 4) is 0 Å². The Labute approximate surface area is 109 Å². The van der Waals surface area contributed by atoms with Crippen molar-refractivity contribution >= 4 is 25.8 Å². The number of hydrogen-bond acceptors (Lipinski definition) is 3. The highest BCUT2D eigenvalue weighted by Gasteiger charge is 2.02. The minimum absolute atomic E-state index is 0.188. The highest BCUT2D eigenvalue weighted by Crippen LogP contribution is 2.16. The lowest BCUT2D eigenvalue weighted by Gasteiger charge is -2.05. The summed E-state index contributed by atoms with van der Waals surface area (Å²) in [5, 5.41) is 3.11. The maximum atomic E-state index is 12.9. The van der Waals surface area contributed by atoms with E-state index in [1.807, 2.05) is 0 Å². The van der Waals surface area contributed by atoms with Crippen molar-refractivity contribution in [1.29, 1.82) is 0 Å². The van der Waals surface area contributed by atoms with Gasteiger partial charge in [0.2, 0.25) is 0 Å². The first-order valence-electron chi connectivity index (χ1n) is 5.21. The number of benzene rings is 1. The van der Waals surface area contributed by atoms with Gasteiger partial charge in [-0.25, -0.2) is 12.8 Å². The highest BCUT2D eigenvalue weighted by atomic mass is 79.9. The van der Waals surface area contributed by atoms with Gasteiger partial charge in [0.15, 0.2) is 0 Å². The monoisotopic (exact) mass is 323 g/mol. The third-order valence-corrected chi connectivity index (χ3v) is 3.82. The van der Waals surface area contributed by atoms with E-state index in [1.54, 1.807) is 12.1 Å². The number of nitrogens with one attached hydrogen (secondary N) is 1. The molecule has 0 aliphatic rings. The van der Waals surface area contributed by atoms with Gasteiger partial charge in [-0.15, -0.1) is 0 Å². The molecule has 0 radical (unpaired) electrons. The van der Waals surface area contributed by atoms with Crippen LogP contribution in [0.5, 0.6) is 0 Å². The molecular weight excluding hydrogens is 309 g/mol. The Hall–Kier alpha value is -0.460. The van der Waals surface area contributed by atoms with E-state index in [2.05, 4.69) is 21.2 Å². The van der Waals surface area contributed by atoms with Crippen LogP contribution in [0.15, 0.2) is 22.7 Å². The molecule has 96 valence electrons. The Morgan fingerprint density at radius 3 is 2.71 bits per heavy atom. The Morgan fingerprint density at radius 1 is 1.41 bits per heavy atom. The molecule has 0 aromatic heterocycles. The van der Waals surface area contributed by atoms with Crippen molar-refractivity contribution in [3.63, 3.8) is 0 Å². The lowest BCUT2D eigenvalue weighted by atomic mass is 10.2. The lowest BCUT2D eigenvalue weighted by molar-refractivity contribution is 0.593. The van der Waals surface area contributed by atoms with E-state index in [0.29, 0.717) is 24.0 Å². The fourth-order valence-electron chi connectivity index (χ4n) is 1.34. The molecule has 0 fully saturated rings. The highest BCUT2D eigenvalue weighted by molar-refractivity contribution is 9.10. The molecule has 0 atom stereocenters. The molecule has 1 rings (SSSR count). The van der Waals surface area contributed by atoms with Gasteiger partial charge in [-0.2, -0.15) is 0 Å². The first-order valence-corrected chi connectivity index (χ1v) is 8.06. The van der Waals surface area contributed by atoms with Crippen LogP contribution in [0.25, 0.3) is 0 Å². The summed E-state index contributed by atoms with van der Waals surface area (Å²) in [6.45, 7) is 1.23. The molecule has 0 heterocycles. The molecule has 3 nitrogen and oxygen atoms in total. The third-order valence-electron chi connectivity index (χ3n) is 2.18. The van der Waals surface area contributed by atoms with Crippen LogP contribution in [0.4, 0.5) is 4.39 Å². The Morgan fingerprint density at radius 2 is 2.12 bits per heavy atom. The van der Waals surface area contributed by atoms with Crippen LogP contribution in [0.3, 0.4) is 0 Å². The second kappa shape index (κ2) is 6.47. The van der Waals surface area contributed by atoms with Crippen LogP contribution in [-0.4, -0.2) is 27.0 Å². The van der Waals surface area contributed by atoms with Gasteiger partial charge in [-0.05, 0) is 46.6 Å². The van der Waals surface area contributed by atoms with Crippen LogP contribution in [0.2, 0.25) is 0 Å². The van der Waals surface area contributed by atoms with Crippen molar-refractivity contribution < 1.29 is 12.8 Å². The van der Waals surface area contributed by atoms with E-state index in [4.69, 9.17) is 0 Å². The quantitative estimate of drug-likeness (QED) is 0.816. The van der Waals surface area contributed by atoms with Crippen molar-refractivity contribution in [2.45, 2.75) is 13.0 Å². The van der Waals surface area contributed by atoms with Gasteiger partial charge in [0.25, 0.3) is 0 Å². The van der Waals surface area contributed by atoms with Crippen LogP contribution < -0.4 is 5.32 Å². The molecule has 0 saturated carbocycles. The molecule has 1 N–H and O–H groups in total. The summed E-state index contributed by atoms with van der Waals surface area (Å²) in [7, 11) is -2.88. The molecule has 1 aromatic rings. The van der Waals surface area contributed by atoms with Gasteiger partial charge in [0.1, 0.15) is 15.7 Å². The summed E-state index contributed by atoms with van der Waals surface area (Å²) < 4.78 is 35.1. The van der Waals surface area contributed by atoms with E-state index in [9.17, 15) is 12.8 Å². The number of hydrogen-bond donors (Lipinski definition) is 1. The Bertz CT molecular complexity index is 476. The van der Waals surface area contributed by atoms with Crippen LogP contribution >= 0.6 is 15.9 Å². The standard InChI is InChI=1S/C11H15BrFNO2S/c1-17(15,16)6-2-5-14-8-9-3-4-11(13)10(12)7-9/h3-4,7,14H,2,5-6,8H2,1H3. The zero-order chi connectivity index (χ0) is 12.9. The molecular formula is C11H15BrFNO2S. The minimum atomic E-state index is -2.88. The molecule has 17 heavy (non-hydrogen) atoms. The minimum Gasteiger partial charge on any atom is -0.313 e. The summed E-state index contributed by atoms with van der Waals surface area (Å²) in [5.74, 6) is -0.0987. The average molecular weight is 324 g/mol. The molecule has 0 saturated heterocycles. The lowest BCUT2D eigenvalue weighted by Crippen LogP contribution is -2.17. The maximum Gasteiger partial charge on any atom is 0.147 e. The summed E-state index contributed by atoms with van der Waals surface area (Å²) in [4.78, 5) is 0. The number of sulfone groups is 1. The van der Waals surface area contributed by atoms with Gasteiger partial charge < -0.3 is 5.32 Å². The normalized spacial score (nSPS) is 11.7. The molecule has 0 spiro atoms. The maximum absolute atomic E-state index is 12.9. The van der Waals surface area contributed by atoms with Crippen LogP contribution in [-0.2, 0) is 16.4 Å². The number of halogens is 2. The van der Waals surface area contributed by atoms with Crippen LogP contribution in [0, 0.1) is 5.82 Å². The van der Waals surface area contributed by atoms with Gasteiger partial charge in [0, 0.05) is 12.8 Å². The Kier molecular flexibility index (Phi) is 5.55.